The summed E-state index contributed by atoms with van der Waals surface area (Å²) in [4.78, 5) is 36.9. The predicted molar refractivity (Wildman–Crippen MR) is 108 cm³/mol. The van der Waals surface area contributed by atoms with Gasteiger partial charge >= 0.3 is 47.4 Å². The Labute approximate surface area is 226 Å². The van der Waals surface area contributed by atoms with Gasteiger partial charge in [-0.1, -0.05) is 58.3 Å². The minimum atomic E-state index is -8.74. The van der Waals surface area contributed by atoms with Crippen molar-refractivity contribution in [2.24, 2.45) is 11.1 Å². The monoisotopic (exact) mass is 653 g/mol. The van der Waals surface area contributed by atoms with E-state index in [9.17, 15) is 84.6 Å². The number of alkyl halides is 16. The van der Waals surface area contributed by atoms with Gasteiger partial charge in [-0.05, 0) is 6.42 Å². The lowest BCUT2D eigenvalue weighted by molar-refractivity contribution is -0.446. The highest BCUT2D eigenvalue weighted by atomic mass is 19.4. The number of Topliss-reactive ketones (excluding diaryl/α,β-unsaturated/α-hetero) is 2. The molecule has 0 bridgehead atoms. The number of carbonyl (C=O) groups is 3. The lowest BCUT2D eigenvalue weighted by Gasteiger charge is -2.42. The van der Waals surface area contributed by atoms with Crippen molar-refractivity contribution in [2.45, 2.75) is 112 Å². The summed E-state index contributed by atoms with van der Waals surface area (Å²) < 4.78 is 227. The summed E-state index contributed by atoms with van der Waals surface area (Å²) in [6.07, 6.45) is -1.34. The first-order valence-corrected chi connectivity index (χ1v) is 12.0. The maximum absolute atomic E-state index is 14.6. The second-order valence-electron chi connectivity index (χ2n) is 9.75. The van der Waals surface area contributed by atoms with E-state index in [4.69, 9.17) is 0 Å². The van der Waals surface area contributed by atoms with Crippen molar-refractivity contribution in [1.29, 1.82) is 0 Å². The van der Waals surface area contributed by atoms with Crippen molar-refractivity contribution in [3.05, 3.63) is 0 Å². The summed E-state index contributed by atoms with van der Waals surface area (Å²) in [5, 5.41) is 0. The van der Waals surface area contributed by atoms with E-state index in [1.54, 1.807) is 0 Å². The number of halogens is 16. The molecule has 246 valence electrons. The van der Waals surface area contributed by atoms with E-state index >= 15 is 0 Å². The van der Waals surface area contributed by atoms with Gasteiger partial charge in [-0.2, -0.15) is 70.2 Å². The summed E-state index contributed by atoms with van der Waals surface area (Å²) in [6.45, 7) is 1.81. The van der Waals surface area contributed by atoms with E-state index in [0.29, 0.717) is 19.3 Å². The van der Waals surface area contributed by atoms with E-state index in [2.05, 4.69) is 5.73 Å². The van der Waals surface area contributed by atoms with Gasteiger partial charge in [0, 0.05) is 0 Å². The fraction of sp³-hybridized carbons (Fsp3) is 0.864. The van der Waals surface area contributed by atoms with Crippen molar-refractivity contribution in [3.63, 3.8) is 0 Å². The summed E-state index contributed by atoms with van der Waals surface area (Å²) in [6, 6.07) is 0. The van der Waals surface area contributed by atoms with Crippen LogP contribution < -0.4 is 5.73 Å². The third-order valence-corrected chi connectivity index (χ3v) is 6.93. The molecule has 1 fully saturated rings. The van der Waals surface area contributed by atoms with E-state index in [1.165, 1.54) is 0 Å². The Bertz CT molecular complexity index is 979. The van der Waals surface area contributed by atoms with Crippen LogP contribution in [0.15, 0.2) is 0 Å². The van der Waals surface area contributed by atoms with Gasteiger partial charge in [0.05, 0.1) is 0 Å². The van der Waals surface area contributed by atoms with Crippen molar-refractivity contribution >= 4 is 17.5 Å². The highest BCUT2D eigenvalue weighted by Crippen LogP contribution is 2.65. The fourth-order valence-electron chi connectivity index (χ4n) is 4.21. The largest absolute Gasteiger partial charge is 0.385 e. The fourth-order valence-corrected chi connectivity index (χ4v) is 4.21. The number of ketones is 2. The molecule has 1 rings (SSSR count). The number of hydrogen-bond donors (Lipinski definition) is 1. The zero-order valence-corrected chi connectivity index (χ0v) is 21.2. The number of hydrogen-bond acceptors (Lipinski definition) is 3. The van der Waals surface area contributed by atoms with Gasteiger partial charge in [-0.3, -0.25) is 14.4 Å². The summed E-state index contributed by atoms with van der Waals surface area (Å²) in [7, 11) is 0. The number of primary amides is 1. The number of rotatable bonds is 10. The molecule has 0 aromatic carbocycles. The van der Waals surface area contributed by atoms with Crippen molar-refractivity contribution < 1.29 is 84.6 Å². The van der Waals surface area contributed by atoms with Crippen LogP contribution in [0.4, 0.5) is 70.2 Å². The molecular weight excluding hydrogens is 630 g/mol. The van der Waals surface area contributed by atoms with Gasteiger partial charge in [0.1, 0.15) is 0 Å². The van der Waals surface area contributed by atoms with Gasteiger partial charge < -0.3 is 5.73 Å². The molecule has 0 unspecified atom stereocenters. The quantitative estimate of drug-likeness (QED) is 0.154. The molecule has 20 heteroatoms. The molecule has 0 aliphatic heterocycles. The van der Waals surface area contributed by atoms with Crippen LogP contribution in [0.25, 0.3) is 0 Å². The minimum absolute atomic E-state index is 0.0748. The van der Waals surface area contributed by atoms with Gasteiger partial charge in [0.25, 0.3) is 0 Å². The Morgan fingerprint density at radius 1 is 0.500 bits per heavy atom. The molecule has 4 nitrogen and oxygen atoms in total. The van der Waals surface area contributed by atoms with Crippen LogP contribution in [0.5, 0.6) is 0 Å². The molecule has 1 amide bonds. The Morgan fingerprint density at radius 2 is 0.762 bits per heavy atom. The molecule has 0 spiro atoms. The van der Waals surface area contributed by atoms with Crippen LogP contribution in [-0.2, 0) is 14.4 Å². The number of carbonyl (C=O) groups excluding carboxylic acids is 3. The molecule has 1 aliphatic carbocycles. The van der Waals surface area contributed by atoms with E-state index in [0.717, 1.165) is 6.42 Å². The van der Waals surface area contributed by atoms with Crippen LogP contribution >= 0.6 is 0 Å². The van der Waals surface area contributed by atoms with E-state index < -0.39 is 89.5 Å². The molecule has 2 N–H and O–H groups in total. The maximum atomic E-state index is 14.6. The molecule has 0 atom stereocenters. The lowest BCUT2D eigenvalue weighted by atomic mass is 9.68. The lowest BCUT2D eigenvalue weighted by Crippen LogP contribution is -2.75. The Balaban J connectivity index is 4.06. The van der Waals surface area contributed by atoms with Crippen molar-refractivity contribution in [3.8, 4) is 0 Å². The standard InChI is InChI=1S/C22H23F16NO3/c1-2-3-4-5-6-7-8-9-10-14(13(39)42)11(40)15(23,24)17(27,28)19(31,32)21(35,36)22(37,38)20(33,34)18(29,30)16(25,26)12(14)41/h2-10H2,1H3,(H2,39,42). The first-order chi connectivity index (χ1) is 18.6. The van der Waals surface area contributed by atoms with Crippen molar-refractivity contribution in [1.82, 2.24) is 0 Å². The normalized spacial score (nSPS) is 26.7. The first kappa shape index (κ1) is 37.7. The Morgan fingerprint density at radius 3 is 1.05 bits per heavy atom. The molecule has 42 heavy (non-hydrogen) atoms. The smallest absolute Gasteiger partial charge is 0.368 e. The molecule has 0 radical (unpaired) electrons. The topological polar surface area (TPSA) is 77.2 Å². The molecule has 1 saturated carbocycles. The van der Waals surface area contributed by atoms with Crippen LogP contribution in [0.2, 0.25) is 0 Å². The zero-order valence-electron chi connectivity index (χ0n) is 21.2. The average molecular weight is 653 g/mol. The van der Waals surface area contributed by atoms with Crippen molar-refractivity contribution in [2.75, 3.05) is 0 Å². The van der Waals surface area contributed by atoms with Gasteiger partial charge in [-0.15, -0.1) is 0 Å². The third kappa shape index (κ3) is 4.91. The van der Waals surface area contributed by atoms with Crippen LogP contribution in [0, 0.1) is 5.41 Å². The number of unbranched alkanes of at least 4 members (excludes halogenated alkanes) is 7. The van der Waals surface area contributed by atoms with Crippen LogP contribution in [-0.4, -0.2) is 64.9 Å². The highest BCUT2D eigenvalue weighted by Gasteiger charge is 2.97. The minimum Gasteiger partial charge on any atom is -0.368 e. The zero-order chi connectivity index (χ0) is 33.6. The predicted octanol–water partition coefficient (Wildman–Crippen LogP) is 7.22. The van der Waals surface area contributed by atoms with Gasteiger partial charge in [0.2, 0.25) is 17.5 Å². The third-order valence-electron chi connectivity index (χ3n) is 6.93. The highest BCUT2D eigenvalue weighted by molar-refractivity contribution is 6.27. The first-order valence-electron chi connectivity index (χ1n) is 12.0. The molecule has 0 heterocycles. The second-order valence-corrected chi connectivity index (χ2v) is 9.75. The Hall–Kier alpha value is -2.31. The van der Waals surface area contributed by atoms with Crippen LogP contribution in [0.1, 0.15) is 64.7 Å². The van der Waals surface area contributed by atoms with E-state index in [1.807, 2.05) is 6.92 Å². The van der Waals surface area contributed by atoms with Gasteiger partial charge in [-0.25, -0.2) is 0 Å². The number of amides is 1. The summed E-state index contributed by atoms with van der Waals surface area (Å²) in [5.74, 6) is -79.0. The SMILES string of the molecule is CCCCCCCCCCC1(C(N)=O)C(=O)C(F)(F)C(F)(F)C(F)(F)C(F)(F)C(F)(F)C(F)(F)C(F)(F)C(F)(F)C1=O. The number of nitrogens with two attached hydrogens (primary N) is 1. The van der Waals surface area contributed by atoms with Gasteiger partial charge in [0.15, 0.2) is 5.41 Å². The summed E-state index contributed by atoms with van der Waals surface area (Å²) in [5.41, 5.74) is -1.02. The Kier molecular flexibility index (Phi) is 10.2. The van der Waals surface area contributed by atoms with E-state index in [-0.39, 0.29) is 12.8 Å². The van der Waals surface area contributed by atoms with Crippen LogP contribution in [0.3, 0.4) is 0 Å². The molecule has 0 aromatic rings. The average Bonchev–Trinajstić information content (AvgIpc) is 2.85. The summed E-state index contributed by atoms with van der Waals surface area (Å²) >= 11 is 0. The molecule has 1 aliphatic rings. The molecule has 0 saturated heterocycles. The molecular formula is C22H23F16NO3. The molecule has 0 aromatic heterocycles. The second kappa shape index (κ2) is 11.3. The maximum Gasteiger partial charge on any atom is 0.385 e.